The summed E-state index contributed by atoms with van der Waals surface area (Å²) in [6, 6.07) is 7.56. The molecule has 0 bridgehead atoms. The minimum atomic E-state index is -1.05. The third-order valence-electron chi connectivity index (χ3n) is 2.61. The van der Waals surface area contributed by atoms with Crippen molar-refractivity contribution in [1.29, 1.82) is 0 Å². The van der Waals surface area contributed by atoms with Crippen molar-refractivity contribution in [2.45, 2.75) is 13.5 Å². The summed E-state index contributed by atoms with van der Waals surface area (Å²) < 4.78 is 5.89. The Hall–Kier alpha value is -1.75. The number of hydrogen-bond donors (Lipinski definition) is 2. The van der Waals surface area contributed by atoms with Gasteiger partial charge in [0, 0.05) is 22.3 Å². The van der Waals surface area contributed by atoms with Crippen LogP contribution < -0.4 is 5.32 Å². The van der Waals surface area contributed by atoms with Gasteiger partial charge < -0.3 is 14.8 Å². The van der Waals surface area contributed by atoms with E-state index in [4.69, 9.17) is 9.52 Å². The van der Waals surface area contributed by atoms with Gasteiger partial charge in [0.05, 0.1) is 6.26 Å². The Bertz CT molecular complexity index is 577. The lowest BCUT2D eigenvalue weighted by molar-refractivity contribution is 0.0661. The molecule has 0 radical (unpaired) electrons. The molecule has 0 atom stereocenters. The fourth-order valence-corrected chi connectivity index (χ4v) is 2.00. The summed E-state index contributed by atoms with van der Waals surface area (Å²) >= 11 is 3.40. The van der Waals surface area contributed by atoms with Gasteiger partial charge in [-0.05, 0) is 30.7 Å². The second-order valence-electron chi connectivity index (χ2n) is 3.89. The van der Waals surface area contributed by atoms with Crippen LogP contribution in [0.5, 0.6) is 0 Å². The van der Waals surface area contributed by atoms with E-state index in [0.717, 1.165) is 15.7 Å². The van der Waals surface area contributed by atoms with Crippen LogP contribution in [-0.2, 0) is 6.54 Å². The van der Waals surface area contributed by atoms with E-state index in [1.807, 2.05) is 25.1 Å². The van der Waals surface area contributed by atoms with Gasteiger partial charge in [-0.3, -0.25) is 0 Å². The molecule has 1 aromatic carbocycles. The second-order valence-corrected chi connectivity index (χ2v) is 4.81. The first kappa shape index (κ1) is 12.7. The van der Waals surface area contributed by atoms with E-state index in [-0.39, 0.29) is 5.76 Å². The molecule has 0 saturated heterocycles. The van der Waals surface area contributed by atoms with Crippen molar-refractivity contribution in [1.82, 2.24) is 0 Å². The smallest absolute Gasteiger partial charge is 0.372 e. The molecule has 0 aliphatic rings. The highest BCUT2D eigenvalue weighted by atomic mass is 79.9. The molecule has 1 heterocycles. The number of carboxylic acid groups (broad SMARTS) is 1. The van der Waals surface area contributed by atoms with Gasteiger partial charge in [-0.25, -0.2) is 4.79 Å². The van der Waals surface area contributed by atoms with E-state index in [2.05, 4.69) is 21.2 Å². The van der Waals surface area contributed by atoms with Gasteiger partial charge >= 0.3 is 5.97 Å². The number of anilines is 1. The number of furan rings is 1. The van der Waals surface area contributed by atoms with Crippen LogP contribution in [0.3, 0.4) is 0 Å². The van der Waals surface area contributed by atoms with Gasteiger partial charge in [-0.15, -0.1) is 0 Å². The maximum absolute atomic E-state index is 10.9. The van der Waals surface area contributed by atoms with E-state index in [0.29, 0.717) is 12.1 Å². The highest BCUT2D eigenvalue weighted by Gasteiger charge is 2.13. The number of benzene rings is 1. The zero-order chi connectivity index (χ0) is 13.1. The van der Waals surface area contributed by atoms with Crippen molar-refractivity contribution >= 4 is 27.6 Å². The molecule has 2 rings (SSSR count). The van der Waals surface area contributed by atoms with E-state index >= 15 is 0 Å². The topological polar surface area (TPSA) is 62.5 Å². The molecule has 0 aliphatic carbocycles. The number of rotatable bonds is 4. The van der Waals surface area contributed by atoms with Crippen molar-refractivity contribution in [3.8, 4) is 0 Å². The summed E-state index contributed by atoms with van der Waals surface area (Å²) in [7, 11) is 0. The zero-order valence-electron chi connectivity index (χ0n) is 9.74. The van der Waals surface area contributed by atoms with E-state index in [1.165, 1.54) is 6.26 Å². The van der Waals surface area contributed by atoms with Crippen LogP contribution >= 0.6 is 15.9 Å². The standard InChI is InChI=1S/C13H12BrNO3/c1-8-2-3-10(14)6-11(8)15-7-9-4-5-18-12(9)13(16)17/h2-6,15H,7H2,1H3,(H,16,17). The van der Waals surface area contributed by atoms with E-state index in [1.54, 1.807) is 6.07 Å². The molecule has 18 heavy (non-hydrogen) atoms. The van der Waals surface area contributed by atoms with Crippen molar-refractivity contribution in [3.63, 3.8) is 0 Å². The molecule has 1 aromatic heterocycles. The first-order valence-electron chi connectivity index (χ1n) is 5.37. The van der Waals surface area contributed by atoms with Gasteiger partial charge in [-0.2, -0.15) is 0 Å². The number of halogens is 1. The fourth-order valence-electron chi connectivity index (χ4n) is 1.64. The van der Waals surface area contributed by atoms with Gasteiger partial charge in [0.25, 0.3) is 0 Å². The third-order valence-corrected chi connectivity index (χ3v) is 3.10. The predicted octanol–water partition coefficient (Wildman–Crippen LogP) is 3.66. The Labute approximate surface area is 113 Å². The maximum atomic E-state index is 10.9. The van der Waals surface area contributed by atoms with Gasteiger partial charge in [0.1, 0.15) is 0 Å². The summed E-state index contributed by atoms with van der Waals surface area (Å²) in [5.74, 6) is -1.07. The lowest BCUT2D eigenvalue weighted by Gasteiger charge is -2.09. The van der Waals surface area contributed by atoms with Crippen LogP contribution in [0.1, 0.15) is 21.7 Å². The number of aromatic carboxylic acids is 1. The van der Waals surface area contributed by atoms with Crippen LogP contribution in [0.15, 0.2) is 39.4 Å². The molecule has 0 amide bonds. The quantitative estimate of drug-likeness (QED) is 0.904. The monoisotopic (exact) mass is 309 g/mol. The molecule has 2 N–H and O–H groups in total. The molecule has 0 aliphatic heterocycles. The number of aryl methyl sites for hydroxylation is 1. The van der Waals surface area contributed by atoms with E-state index in [9.17, 15) is 4.79 Å². The summed E-state index contributed by atoms with van der Waals surface area (Å²) in [5.41, 5.74) is 2.68. The molecule has 0 spiro atoms. The molecule has 5 heteroatoms. The molecule has 0 saturated carbocycles. The van der Waals surface area contributed by atoms with Gasteiger partial charge in [-0.1, -0.05) is 22.0 Å². The Morgan fingerprint density at radius 1 is 1.44 bits per heavy atom. The van der Waals surface area contributed by atoms with Crippen LogP contribution in [0.4, 0.5) is 5.69 Å². The Kier molecular flexibility index (Phi) is 3.72. The summed E-state index contributed by atoms with van der Waals surface area (Å²) in [6.07, 6.45) is 1.38. The number of carbonyl (C=O) groups is 1. The normalized spacial score (nSPS) is 10.3. The van der Waals surface area contributed by atoms with Crippen LogP contribution in [0, 0.1) is 6.92 Å². The number of carboxylic acids is 1. The SMILES string of the molecule is Cc1ccc(Br)cc1NCc1ccoc1C(=O)O. The minimum Gasteiger partial charge on any atom is -0.475 e. The summed E-state index contributed by atoms with van der Waals surface area (Å²) in [5, 5.41) is 12.1. The average Bonchev–Trinajstić information content (AvgIpc) is 2.79. The highest BCUT2D eigenvalue weighted by molar-refractivity contribution is 9.10. The third kappa shape index (κ3) is 2.73. The predicted molar refractivity (Wildman–Crippen MR) is 71.9 cm³/mol. The fraction of sp³-hybridized carbons (Fsp3) is 0.154. The Balaban J connectivity index is 2.14. The van der Waals surface area contributed by atoms with Crippen LogP contribution in [0.2, 0.25) is 0 Å². The van der Waals surface area contributed by atoms with Gasteiger partial charge in [0.15, 0.2) is 0 Å². The largest absolute Gasteiger partial charge is 0.475 e. The minimum absolute atomic E-state index is 0.0184. The van der Waals surface area contributed by atoms with Gasteiger partial charge in [0.2, 0.25) is 5.76 Å². The first-order chi connectivity index (χ1) is 8.58. The van der Waals surface area contributed by atoms with Crippen molar-refractivity contribution in [2.75, 3.05) is 5.32 Å². The maximum Gasteiger partial charge on any atom is 0.372 e. The average molecular weight is 310 g/mol. The number of nitrogens with one attached hydrogen (secondary N) is 1. The summed E-state index contributed by atoms with van der Waals surface area (Å²) in [6.45, 7) is 2.40. The van der Waals surface area contributed by atoms with Crippen molar-refractivity contribution in [2.24, 2.45) is 0 Å². The molecular weight excluding hydrogens is 298 g/mol. The second kappa shape index (κ2) is 5.27. The Morgan fingerprint density at radius 3 is 2.94 bits per heavy atom. The molecule has 2 aromatic rings. The molecule has 4 nitrogen and oxygen atoms in total. The zero-order valence-corrected chi connectivity index (χ0v) is 11.3. The lowest BCUT2D eigenvalue weighted by Crippen LogP contribution is -2.05. The van der Waals surface area contributed by atoms with Crippen LogP contribution in [-0.4, -0.2) is 11.1 Å². The molecule has 94 valence electrons. The number of hydrogen-bond acceptors (Lipinski definition) is 3. The highest BCUT2D eigenvalue weighted by Crippen LogP contribution is 2.22. The van der Waals surface area contributed by atoms with Crippen LogP contribution in [0.25, 0.3) is 0 Å². The summed E-state index contributed by atoms with van der Waals surface area (Å²) in [4.78, 5) is 10.9. The molecule has 0 fully saturated rings. The Morgan fingerprint density at radius 2 is 2.22 bits per heavy atom. The molecule has 0 unspecified atom stereocenters. The first-order valence-corrected chi connectivity index (χ1v) is 6.17. The molecular formula is C13H12BrNO3. The van der Waals surface area contributed by atoms with Crippen molar-refractivity contribution in [3.05, 3.63) is 51.9 Å². The lowest BCUT2D eigenvalue weighted by atomic mass is 10.2. The van der Waals surface area contributed by atoms with E-state index < -0.39 is 5.97 Å². The van der Waals surface area contributed by atoms with Crippen molar-refractivity contribution < 1.29 is 14.3 Å².